The van der Waals surface area contributed by atoms with Crippen LogP contribution in [-0.2, 0) is 20.9 Å². The first-order valence-corrected chi connectivity index (χ1v) is 22.0. The lowest BCUT2D eigenvalue weighted by Crippen LogP contribution is -2.52. The number of carbonyl (C=O) groups is 4. The minimum Gasteiger partial charge on any atom is -0.353 e. The number of piperidine rings is 1. The Morgan fingerprint density at radius 3 is 2.31 bits per heavy atom. The third-order valence-corrected chi connectivity index (χ3v) is 12.9. The van der Waals surface area contributed by atoms with Gasteiger partial charge in [-0.3, -0.25) is 24.5 Å². The number of anilines is 1. The van der Waals surface area contributed by atoms with Gasteiger partial charge in [-0.25, -0.2) is 9.97 Å². The van der Waals surface area contributed by atoms with Crippen molar-refractivity contribution in [3.8, 4) is 11.8 Å². The van der Waals surface area contributed by atoms with Crippen LogP contribution in [-0.4, -0.2) is 75.6 Å². The Morgan fingerprint density at radius 1 is 0.879 bits per heavy atom. The number of unbranched alkanes of at least 4 members (excludes halogenated alkanes) is 9. The number of hydrogen-bond acceptors (Lipinski definition) is 7. The maximum absolute atomic E-state index is 14.1. The number of nitrogens with zero attached hydrogens (tertiary/aromatic N) is 5. The van der Waals surface area contributed by atoms with E-state index in [-0.39, 0.29) is 30.1 Å². The fourth-order valence-corrected chi connectivity index (χ4v) is 9.55. The second kappa shape index (κ2) is 19.3. The molecule has 1 unspecified atom stereocenters. The number of nitrogens with one attached hydrogen (secondary N) is 1. The first-order valence-electron chi connectivity index (χ1n) is 21.6. The zero-order valence-corrected chi connectivity index (χ0v) is 34.9. The van der Waals surface area contributed by atoms with Gasteiger partial charge in [-0.05, 0) is 72.9 Å². The van der Waals surface area contributed by atoms with Gasteiger partial charge in [-0.2, -0.15) is 0 Å². The van der Waals surface area contributed by atoms with E-state index in [1.165, 1.54) is 43.4 Å². The molecule has 4 atom stereocenters. The van der Waals surface area contributed by atoms with Crippen LogP contribution < -0.4 is 10.2 Å². The quantitative estimate of drug-likeness (QED) is 0.0935. The summed E-state index contributed by atoms with van der Waals surface area (Å²) in [5, 5.41) is 3.05. The van der Waals surface area contributed by atoms with Crippen LogP contribution in [0.25, 0.3) is 0 Å². The number of amides is 4. The smallest absolute Gasteiger partial charge is 0.255 e. The molecule has 1 N–H and O–H groups in total. The van der Waals surface area contributed by atoms with Crippen molar-refractivity contribution in [3.05, 3.63) is 87.3 Å². The highest BCUT2D eigenvalue weighted by Crippen LogP contribution is 2.44. The SMILES string of the molecule is C[C@@H]1C[C@@H](C)c2c1ncnc2N1CCN(C(=O)[C@H](CCCCCCCCCCCC#Cc2cccc3c2CN(C2CCC(=O)NC2=O)C3=O)c2ccc(Cl)cc2)CC1. The number of hydrogen-bond donors (Lipinski definition) is 1. The Kier molecular flexibility index (Phi) is 13.8. The number of benzene rings is 2. The van der Waals surface area contributed by atoms with E-state index in [0.717, 1.165) is 80.5 Å². The summed E-state index contributed by atoms with van der Waals surface area (Å²) < 4.78 is 0. The van der Waals surface area contributed by atoms with Crippen molar-refractivity contribution in [2.45, 2.75) is 134 Å². The van der Waals surface area contributed by atoms with E-state index >= 15 is 0 Å². The summed E-state index contributed by atoms with van der Waals surface area (Å²) in [4.78, 5) is 66.5. The molecule has 11 heteroatoms. The Hall–Kier alpha value is -4.75. The molecule has 0 saturated carbocycles. The van der Waals surface area contributed by atoms with Crippen LogP contribution >= 0.6 is 11.6 Å². The molecule has 1 aromatic heterocycles. The van der Waals surface area contributed by atoms with Crippen molar-refractivity contribution in [2.75, 3.05) is 31.1 Å². The van der Waals surface area contributed by atoms with E-state index < -0.39 is 11.9 Å². The molecule has 2 fully saturated rings. The van der Waals surface area contributed by atoms with E-state index in [4.69, 9.17) is 16.6 Å². The van der Waals surface area contributed by atoms with Gasteiger partial charge in [0.25, 0.3) is 5.91 Å². The van der Waals surface area contributed by atoms with Crippen molar-refractivity contribution >= 4 is 41.0 Å². The standard InChI is InChI=1S/C47H57ClN6O4/c1-32-29-33(2)43-42(32)44(50-31-49-43)52-25-27-53(28-26-52)46(57)37(35-19-21-36(48)22-20-35)17-13-11-9-7-5-3-4-6-8-10-12-15-34-16-14-18-38-39(34)30-54(47(38)58)40-23-24-41(55)51-45(40)56/h14,16,18-22,31-33,37,40H,3-11,13,17,23-30H2,1-2H3,(H,51,55,56)/t32-,33-,37-,40?/m1/s1. The highest BCUT2D eigenvalue weighted by atomic mass is 35.5. The number of rotatable bonds is 15. The Balaban J connectivity index is 0.794. The second-order valence-corrected chi connectivity index (χ2v) is 17.1. The number of aromatic nitrogens is 2. The summed E-state index contributed by atoms with van der Waals surface area (Å²) in [5.41, 5.74) is 5.85. The molecule has 7 rings (SSSR count). The average Bonchev–Trinajstić information content (AvgIpc) is 3.72. The van der Waals surface area contributed by atoms with Gasteiger partial charge in [0.2, 0.25) is 17.7 Å². The minimum absolute atomic E-state index is 0.158. The molecule has 58 heavy (non-hydrogen) atoms. The molecule has 2 saturated heterocycles. The number of carbonyl (C=O) groups excluding carboxylic acids is 4. The summed E-state index contributed by atoms with van der Waals surface area (Å²) in [6.07, 6.45) is 15.4. The monoisotopic (exact) mass is 804 g/mol. The van der Waals surface area contributed by atoms with E-state index in [1.807, 2.05) is 36.4 Å². The molecule has 4 aliphatic rings. The van der Waals surface area contributed by atoms with E-state index in [2.05, 4.69) is 45.8 Å². The van der Waals surface area contributed by atoms with Crippen molar-refractivity contribution in [1.29, 1.82) is 0 Å². The molecule has 4 heterocycles. The van der Waals surface area contributed by atoms with Crippen molar-refractivity contribution < 1.29 is 19.2 Å². The van der Waals surface area contributed by atoms with E-state index in [0.29, 0.717) is 48.5 Å². The van der Waals surface area contributed by atoms with Crippen LogP contribution in [0.4, 0.5) is 5.82 Å². The van der Waals surface area contributed by atoms with Gasteiger partial charge in [0.05, 0.1) is 11.6 Å². The Labute approximate surface area is 348 Å². The number of fused-ring (bicyclic) bond motifs is 2. The molecule has 3 aromatic rings. The molecule has 10 nitrogen and oxygen atoms in total. The summed E-state index contributed by atoms with van der Waals surface area (Å²) in [6, 6.07) is 12.8. The first kappa shape index (κ1) is 41.4. The molecule has 306 valence electrons. The molecule has 0 bridgehead atoms. The molecule has 0 spiro atoms. The third-order valence-electron chi connectivity index (χ3n) is 12.6. The topological polar surface area (TPSA) is 116 Å². The predicted molar refractivity (Wildman–Crippen MR) is 227 cm³/mol. The maximum atomic E-state index is 14.1. The summed E-state index contributed by atoms with van der Waals surface area (Å²) >= 11 is 6.24. The molecular weight excluding hydrogens is 748 g/mol. The minimum atomic E-state index is -0.620. The van der Waals surface area contributed by atoms with Crippen LogP contribution in [0, 0.1) is 11.8 Å². The lowest BCUT2D eigenvalue weighted by Gasteiger charge is -2.38. The highest BCUT2D eigenvalue weighted by Gasteiger charge is 2.40. The van der Waals surface area contributed by atoms with Crippen LogP contribution in [0.1, 0.15) is 160 Å². The molecular formula is C47H57ClN6O4. The Bertz CT molecular complexity index is 2030. The van der Waals surface area contributed by atoms with Gasteiger partial charge in [0.15, 0.2) is 0 Å². The number of halogens is 1. The summed E-state index contributed by atoms with van der Waals surface area (Å²) in [5.74, 6) is 7.78. The highest BCUT2D eigenvalue weighted by molar-refractivity contribution is 6.30. The molecule has 3 aliphatic heterocycles. The Morgan fingerprint density at radius 2 is 1.59 bits per heavy atom. The van der Waals surface area contributed by atoms with Gasteiger partial charge in [-0.1, -0.05) is 107 Å². The summed E-state index contributed by atoms with van der Waals surface area (Å²) in [7, 11) is 0. The van der Waals surface area contributed by atoms with Gasteiger partial charge in [0.1, 0.15) is 18.2 Å². The first-order chi connectivity index (χ1) is 28.2. The van der Waals surface area contributed by atoms with Crippen molar-refractivity contribution in [2.24, 2.45) is 0 Å². The number of imide groups is 1. The second-order valence-electron chi connectivity index (χ2n) is 16.7. The van der Waals surface area contributed by atoms with Gasteiger partial charge < -0.3 is 14.7 Å². The zero-order chi connectivity index (χ0) is 40.6. The van der Waals surface area contributed by atoms with Crippen LogP contribution in [0.2, 0.25) is 5.02 Å². The largest absolute Gasteiger partial charge is 0.353 e. The molecule has 1 aliphatic carbocycles. The average molecular weight is 805 g/mol. The normalized spacial score (nSPS) is 20.7. The van der Waals surface area contributed by atoms with Crippen LogP contribution in [0.3, 0.4) is 0 Å². The van der Waals surface area contributed by atoms with Gasteiger partial charge >= 0.3 is 0 Å². The fraction of sp³-hybridized carbons (Fsp3) is 0.532. The lowest BCUT2D eigenvalue weighted by atomic mass is 9.91. The molecule has 0 radical (unpaired) electrons. The van der Waals surface area contributed by atoms with Crippen molar-refractivity contribution in [3.63, 3.8) is 0 Å². The van der Waals surface area contributed by atoms with Crippen LogP contribution in [0.5, 0.6) is 0 Å². The van der Waals surface area contributed by atoms with Gasteiger partial charge in [-0.15, -0.1) is 0 Å². The maximum Gasteiger partial charge on any atom is 0.255 e. The van der Waals surface area contributed by atoms with Crippen LogP contribution in [0.15, 0.2) is 48.8 Å². The fourth-order valence-electron chi connectivity index (χ4n) is 9.42. The molecule has 2 aromatic carbocycles. The zero-order valence-electron chi connectivity index (χ0n) is 34.1. The number of piperazine rings is 1. The van der Waals surface area contributed by atoms with E-state index in [1.54, 1.807) is 17.3 Å². The van der Waals surface area contributed by atoms with Crippen molar-refractivity contribution in [1.82, 2.24) is 25.1 Å². The molecule has 4 amide bonds. The van der Waals surface area contributed by atoms with E-state index in [9.17, 15) is 19.2 Å². The third kappa shape index (κ3) is 9.58. The predicted octanol–water partition coefficient (Wildman–Crippen LogP) is 8.28. The summed E-state index contributed by atoms with van der Waals surface area (Å²) in [6.45, 7) is 7.83. The lowest BCUT2D eigenvalue weighted by molar-refractivity contribution is -0.137. The van der Waals surface area contributed by atoms with Gasteiger partial charge in [0, 0.05) is 67.3 Å².